The van der Waals surface area contributed by atoms with Crippen LogP contribution in [-0.2, 0) is 0 Å². The Bertz CT molecular complexity index is 243. The van der Waals surface area contributed by atoms with Crippen LogP contribution in [0.2, 0.25) is 0 Å². The Kier molecular flexibility index (Phi) is 3.25. The Hall–Kier alpha value is -0.500. The zero-order chi connectivity index (χ0) is 11.0. The van der Waals surface area contributed by atoms with Crippen molar-refractivity contribution in [1.29, 1.82) is 0 Å². The fraction of sp³-hybridized carbons (Fsp3) is 0.833. The molecule has 0 fully saturated rings. The van der Waals surface area contributed by atoms with Crippen molar-refractivity contribution in [3.8, 4) is 0 Å². The highest BCUT2D eigenvalue weighted by Gasteiger charge is 2.32. The zero-order valence-corrected chi connectivity index (χ0v) is 10.6. The third kappa shape index (κ3) is 1.68. The van der Waals surface area contributed by atoms with Crippen molar-refractivity contribution in [2.75, 3.05) is 21.1 Å². The third-order valence-corrected chi connectivity index (χ3v) is 3.92. The van der Waals surface area contributed by atoms with Gasteiger partial charge in [-0.1, -0.05) is 6.92 Å². The van der Waals surface area contributed by atoms with Gasteiger partial charge in [-0.3, -0.25) is 4.90 Å². The van der Waals surface area contributed by atoms with E-state index in [1.165, 1.54) is 11.3 Å². The highest BCUT2D eigenvalue weighted by molar-refractivity contribution is 5.23. The first-order valence-corrected chi connectivity index (χ1v) is 5.47. The van der Waals surface area contributed by atoms with Crippen molar-refractivity contribution in [3.63, 3.8) is 0 Å². The molecule has 0 bridgehead atoms. The second-order valence-electron chi connectivity index (χ2n) is 4.83. The molecule has 0 spiro atoms. The molecule has 0 aromatic carbocycles. The zero-order valence-electron chi connectivity index (χ0n) is 10.6. The summed E-state index contributed by atoms with van der Waals surface area (Å²) in [5.74, 6) is 0.631. The Morgan fingerprint density at radius 3 is 2.07 bits per heavy atom. The number of nitrogens with zero attached hydrogens (tertiary/aromatic N) is 2. The van der Waals surface area contributed by atoms with E-state index in [0.29, 0.717) is 18.0 Å². The molecule has 0 N–H and O–H groups in total. The standard InChI is InChI=1S/C12H24N2/c1-8-10(3)14(7)11(4)9(2)12(8)13(5)6/h8,10-11H,1-7H3. The average molecular weight is 196 g/mol. The van der Waals surface area contributed by atoms with Crippen molar-refractivity contribution in [2.45, 2.75) is 39.8 Å². The van der Waals surface area contributed by atoms with E-state index in [4.69, 9.17) is 0 Å². The summed E-state index contributed by atoms with van der Waals surface area (Å²) in [5, 5.41) is 0. The van der Waals surface area contributed by atoms with Gasteiger partial charge in [0.2, 0.25) is 0 Å². The maximum absolute atomic E-state index is 2.47. The molecule has 2 heteroatoms. The highest BCUT2D eigenvalue weighted by Crippen LogP contribution is 2.32. The molecule has 0 radical (unpaired) electrons. The molecule has 82 valence electrons. The normalized spacial score (nSPS) is 34.9. The van der Waals surface area contributed by atoms with Crippen molar-refractivity contribution >= 4 is 0 Å². The molecule has 0 aromatic rings. The van der Waals surface area contributed by atoms with E-state index < -0.39 is 0 Å². The van der Waals surface area contributed by atoms with E-state index in [1.807, 2.05) is 0 Å². The van der Waals surface area contributed by atoms with Gasteiger partial charge in [0.1, 0.15) is 0 Å². The lowest BCUT2D eigenvalue weighted by atomic mass is 9.86. The SMILES string of the molecule is CC1=C(N(C)C)C(C)C(C)N(C)C1C. The molecule has 14 heavy (non-hydrogen) atoms. The van der Waals surface area contributed by atoms with Crippen LogP contribution < -0.4 is 0 Å². The maximum Gasteiger partial charge on any atom is 0.0296 e. The molecule has 3 unspecified atom stereocenters. The molecule has 1 aliphatic rings. The minimum absolute atomic E-state index is 0.568. The fourth-order valence-electron chi connectivity index (χ4n) is 2.57. The molecule has 2 nitrogen and oxygen atoms in total. The van der Waals surface area contributed by atoms with Crippen molar-refractivity contribution in [3.05, 3.63) is 11.3 Å². The van der Waals surface area contributed by atoms with Crippen LogP contribution in [0.15, 0.2) is 11.3 Å². The summed E-state index contributed by atoms with van der Waals surface area (Å²) in [6.07, 6.45) is 0. The van der Waals surface area contributed by atoms with Crippen LogP contribution in [0.25, 0.3) is 0 Å². The van der Waals surface area contributed by atoms with Gasteiger partial charge in [-0.25, -0.2) is 0 Å². The molecular formula is C12H24N2. The Balaban J connectivity index is 3.10. The Morgan fingerprint density at radius 2 is 1.64 bits per heavy atom. The topological polar surface area (TPSA) is 6.48 Å². The first kappa shape index (κ1) is 11.6. The summed E-state index contributed by atoms with van der Waals surface area (Å²) in [6.45, 7) is 9.20. The predicted octanol–water partition coefficient (Wildman–Crippen LogP) is 2.18. The number of hydrogen-bond donors (Lipinski definition) is 0. The van der Waals surface area contributed by atoms with Gasteiger partial charge < -0.3 is 4.90 Å². The first-order valence-electron chi connectivity index (χ1n) is 5.47. The van der Waals surface area contributed by atoms with E-state index in [9.17, 15) is 0 Å². The molecule has 1 rings (SSSR count). The van der Waals surface area contributed by atoms with Crippen molar-refractivity contribution in [2.24, 2.45) is 5.92 Å². The molecule has 0 aromatic heterocycles. The van der Waals surface area contributed by atoms with Crippen LogP contribution in [0.1, 0.15) is 27.7 Å². The molecule has 0 saturated carbocycles. The number of likely N-dealkylation sites (N-methyl/N-ethyl adjacent to an activating group) is 1. The molecule has 0 saturated heterocycles. The second-order valence-corrected chi connectivity index (χ2v) is 4.83. The lowest BCUT2D eigenvalue weighted by Crippen LogP contribution is -2.48. The van der Waals surface area contributed by atoms with Crippen LogP contribution in [0, 0.1) is 5.92 Å². The van der Waals surface area contributed by atoms with Gasteiger partial charge in [-0.15, -0.1) is 0 Å². The lowest BCUT2D eigenvalue weighted by molar-refractivity contribution is 0.143. The summed E-state index contributed by atoms with van der Waals surface area (Å²) in [5.41, 5.74) is 3.03. The van der Waals surface area contributed by atoms with Crippen molar-refractivity contribution < 1.29 is 0 Å². The Morgan fingerprint density at radius 1 is 1.14 bits per heavy atom. The van der Waals surface area contributed by atoms with E-state index in [0.717, 1.165) is 0 Å². The molecule has 3 atom stereocenters. The van der Waals surface area contributed by atoms with E-state index in [1.54, 1.807) is 0 Å². The molecular weight excluding hydrogens is 172 g/mol. The van der Waals surface area contributed by atoms with Gasteiger partial charge in [-0.2, -0.15) is 0 Å². The van der Waals surface area contributed by atoms with Crippen LogP contribution >= 0.6 is 0 Å². The summed E-state index contributed by atoms with van der Waals surface area (Å²) < 4.78 is 0. The molecule has 0 amide bonds. The van der Waals surface area contributed by atoms with E-state index in [-0.39, 0.29) is 0 Å². The minimum atomic E-state index is 0.568. The Labute approximate surface area is 88.6 Å². The number of hydrogen-bond acceptors (Lipinski definition) is 2. The van der Waals surface area contributed by atoms with Crippen LogP contribution in [0.5, 0.6) is 0 Å². The van der Waals surface area contributed by atoms with Gasteiger partial charge >= 0.3 is 0 Å². The lowest BCUT2D eigenvalue weighted by Gasteiger charge is -2.44. The largest absolute Gasteiger partial charge is 0.381 e. The summed E-state index contributed by atoms with van der Waals surface area (Å²) >= 11 is 0. The quantitative estimate of drug-likeness (QED) is 0.634. The maximum atomic E-state index is 2.47. The first-order chi connectivity index (χ1) is 6.37. The smallest absolute Gasteiger partial charge is 0.0296 e. The molecule has 1 aliphatic heterocycles. The second kappa shape index (κ2) is 3.93. The van der Waals surface area contributed by atoms with Gasteiger partial charge in [0.15, 0.2) is 0 Å². The van der Waals surface area contributed by atoms with Gasteiger partial charge in [-0.05, 0) is 33.4 Å². The van der Waals surface area contributed by atoms with E-state index in [2.05, 4.69) is 58.6 Å². The average Bonchev–Trinajstić information content (AvgIpc) is 2.11. The summed E-state index contributed by atoms with van der Waals surface area (Å²) in [7, 11) is 6.53. The summed E-state index contributed by atoms with van der Waals surface area (Å²) in [6, 6.07) is 1.20. The highest BCUT2D eigenvalue weighted by atomic mass is 15.2. The van der Waals surface area contributed by atoms with Gasteiger partial charge in [0, 0.05) is 37.8 Å². The van der Waals surface area contributed by atoms with Gasteiger partial charge in [0.05, 0.1) is 0 Å². The fourth-order valence-corrected chi connectivity index (χ4v) is 2.57. The molecule has 0 aliphatic carbocycles. The summed E-state index contributed by atoms with van der Waals surface area (Å²) in [4.78, 5) is 4.74. The van der Waals surface area contributed by atoms with Crippen LogP contribution in [-0.4, -0.2) is 43.0 Å². The number of rotatable bonds is 1. The predicted molar refractivity (Wildman–Crippen MR) is 62.2 cm³/mol. The molecule has 1 heterocycles. The van der Waals surface area contributed by atoms with Crippen LogP contribution in [0.4, 0.5) is 0 Å². The minimum Gasteiger partial charge on any atom is -0.381 e. The van der Waals surface area contributed by atoms with Crippen molar-refractivity contribution in [1.82, 2.24) is 9.80 Å². The van der Waals surface area contributed by atoms with Gasteiger partial charge in [0.25, 0.3) is 0 Å². The monoisotopic (exact) mass is 196 g/mol. The third-order valence-electron chi connectivity index (χ3n) is 3.92. The van der Waals surface area contributed by atoms with E-state index >= 15 is 0 Å². The van der Waals surface area contributed by atoms with Crippen LogP contribution in [0.3, 0.4) is 0 Å².